The number of aryl methyl sites for hydroxylation is 2. The second-order valence-electron chi connectivity index (χ2n) is 6.18. The molecule has 0 saturated carbocycles. The Morgan fingerprint density at radius 1 is 0.808 bits per heavy atom. The zero-order chi connectivity index (χ0) is 18.6. The van der Waals surface area contributed by atoms with E-state index in [4.69, 9.17) is 4.18 Å². The minimum atomic E-state index is -3.87. The van der Waals surface area contributed by atoms with Gasteiger partial charge in [0.05, 0.1) is 0 Å². The fourth-order valence-electron chi connectivity index (χ4n) is 2.47. The molecule has 0 spiro atoms. The number of nitrogens with one attached hydrogen (secondary N) is 1. The molecule has 0 radical (unpaired) electrons. The van der Waals surface area contributed by atoms with Gasteiger partial charge in [0.15, 0.2) is 0 Å². The zero-order valence-corrected chi connectivity index (χ0v) is 15.6. The highest BCUT2D eigenvalue weighted by molar-refractivity contribution is 7.87. The van der Waals surface area contributed by atoms with E-state index in [0.717, 1.165) is 16.8 Å². The second-order valence-corrected chi connectivity index (χ2v) is 7.72. The molecule has 0 bridgehead atoms. The maximum absolute atomic E-state index is 12.5. The number of para-hydroxylation sites is 1. The van der Waals surface area contributed by atoms with Crippen molar-refractivity contribution in [2.24, 2.45) is 0 Å². The largest absolute Gasteiger partial charge is 0.381 e. The van der Waals surface area contributed by atoms with Gasteiger partial charge in [-0.3, -0.25) is 0 Å². The third-order valence-corrected chi connectivity index (χ3v) is 5.26. The first kappa shape index (κ1) is 18.0. The molecule has 0 unspecified atom stereocenters. The SMILES string of the molecule is Cc1ccc(NCc2ccccc2OS(=O)(=O)c2ccc(C)cc2)cc1. The summed E-state index contributed by atoms with van der Waals surface area (Å²) in [4.78, 5) is 0.143. The van der Waals surface area contributed by atoms with Crippen LogP contribution >= 0.6 is 0 Å². The molecule has 0 atom stereocenters. The summed E-state index contributed by atoms with van der Waals surface area (Å²) in [7, 11) is -3.87. The van der Waals surface area contributed by atoms with E-state index in [2.05, 4.69) is 5.32 Å². The average molecular weight is 367 g/mol. The standard InChI is InChI=1S/C21H21NO3S/c1-16-7-11-19(12-8-16)22-15-18-5-3-4-6-21(18)25-26(23,24)20-13-9-17(2)10-14-20/h3-14,22H,15H2,1-2H3. The Kier molecular flexibility index (Phi) is 5.28. The van der Waals surface area contributed by atoms with Crippen LogP contribution in [-0.2, 0) is 16.7 Å². The van der Waals surface area contributed by atoms with Crippen molar-refractivity contribution < 1.29 is 12.6 Å². The number of hydrogen-bond acceptors (Lipinski definition) is 4. The highest BCUT2D eigenvalue weighted by atomic mass is 32.2. The second kappa shape index (κ2) is 7.62. The molecule has 0 amide bonds. The van der Waals surface area contributed by atoms with Crippen molar-refractivity contribution in [2.45, 2.75) is 25.3 Å². The van der Waals surface area contributed by atoms with Crippen LogP contribution in [0.5, 0.6) is 5.75 Å². The summed E-state index contributed by atoms with van der Waals surface area (Å²) < 4.78 is 30.5. The van der Waals surface area contributed by atoms with E-state index in [1.807, 2.05) is 50.2 Å². The molecule has 0 aromatic heterocycles. The van der Waals surface area contributed by atoms with Crippen LogP contribution in [0, 0.1) is 13.8 Å². The van der Waals surface area contributed by atoms with Gasteiger partial charge in [-0.2, -0.15) is 8.42 Å². The molecule has 0 saturated heterocycles. The van der Waals surface area contributed by atoms with Gasteiger partial charge < -0.3 is 9.50 Å². The summed E-state index contributed by atoms with van der Waals surface area (Å²) in [5.41, 5.74) is 3.91. The number of benzene rings is 3. The van der Waals surface area contributed by atoms with Crippen LogP contribution in [0.4, 0.5) is 5.69 Å². The summed E-state index contributed by atoms with van der Waals surface area (Å²) in [6, 6.07) is 21.8. The van der Waals surface area contributed by atoms with Crippen LogP contribution in [-0.4, -0.2) is 8.42 Å². The number of rotatable bonds is 6. The van der Waals surface area contributed by atoms with Gasteiger partial charge in [0.1, 0.15) is 10.6 Å². The van der Waals surface area contributed by atoms with Gasteiger partial charge in [-0.05, 0) is 44.2 Å². The van der Waals surface area contributed by atoms with Crippen LogP contribution in [0.2, 0.25) is 0 Å². The molecule has 3 rings (SSSR count). The van der Waals surface area contributed by atoms with Crippen LogP contribution in [0.25, 0.3) is 0 Å². The molecule has 134 valence electrons. The Labute approximate surface area is 154 Å². The summed E-state index contributed by atoms with van der Waals surface area (Å²) in [6.45, 7) is 4.40. The molecule has 0 aliphatic rings. The minimum absolute atomic E-state index is 0.143. The first-order valence-electron chi connectivity index (χ1n) is 8.34. The molecule has 1 N–H and O–H groups in total. The predicted molar refractivity (Wildman–Crippen MR) is 104 cm³/mol. The van der Waals surface area contributed by atoms with Gasteiger partial charge in [-0.25, -0.2) is 0 Å². The molecular weight excluding hydrogens is 346 g/mol. The van der Waals surface area contributed by atoms with Gasteiger partial charge in [-0.15, -0.1) is 0 Å². The van der Waals surface area contributed by atoms with Crippen molar-refractivity contribution in [2.75, 3.05) is 5.32 Å². The third kappa shape index (κ3) is 4.43. The lowest BCUT2D eigenvalue weighted by Crippen LogP contribution is -2.12. The highest BCUT2D eigenvalue weighted by Gasteiger charge is 2.18. The molecular formula is C21H21NO3S. The van der Waals surface area contributed by atoms with Crippen molar-refractivity contribution in [1.82, 2.24) is 0 Å². The Hall–Kier alpha value is -2.79. The average Bonchev–Trinajstić information content (AvgIpc) is 2.62. The fourth-order valence-corrected chi connectivity index (χ4v) is 3.44. The Balaban J connectivity index is 1.78. The van der Waals surface area contributed by atoms with E-state index in [0.29, 0.717) is 12.3 Å². The van der Waals surface area contributed by atoms with E-state index < -0.39 is 10.1 Å². The van der Waals surface area contributed by atoms with E-state index in [9.17, 15) is 8.42 Å². The molecule has 4 nitrogen and oxygen atoms in total. The third-order valence-electron chi connectivity index (χ3n) is 4.02. The summed E-state index contributed by atoms with van der Waals surface area (Å²) in [6.07, 6.45) is 0. The topological polar surface area (TPSA) is 55.4 Å². The molecule has 0 fully saturated rings. The molecule has 0 aliphatic heterocycles. The first-order valence-corrected chi connectivity index (χ1v) is 9.74. The Bertz CT molecular complexity index is 979. The minimum Gasteiger partial charge on any atom is -0.381 e. The van der Waals surface area contributed by atoms with E-state index in [-0.39, 0.29) is 4.90 Å². The quantitative estimate of drug-likeness (QED) is 0.643. The highest BCUT2D eigenvalue weighted by Crippen LogP contribution is 2.24. The molecule has 3 aromatic rings. The lowest BCUT2D eigenvalue weighted by atomic mass is 10.2. The van der Waals surface area contributed by atoms with Gasteiger partial charge in [0.2, 0.25) is 0 Å². The predicted octanol–water partition coefficient (Wildman–Crippen LogP) is 4.68. The van der Waals surface area contributed by atoms with E-state index >= 15 is 0 Å². The Morgan fingerprint density at radius 2 is 1.38 bits per heavy atom. The fraction of sp³-hybridized carbons (Fsp3) is 0.143. The smallest absolute Gasteiger partial charge is 0.339 e. The van der Waals surface area contributed by atoms with E-state index in [1.54, 1.807) is 36.4 Å². The first-order chi connectivity index (χ1) is 12.4. The summed E-state index contributed by atoms with van der Waals surface area (Å²) in [5.74, 6) is 0.327. The molecule has 0 aliphatic carbocycles. The lowest BCUT2D eigenvalue weighted by molar-refractivity contribution is 0.483. The zero-order valence-electron chi connectivity index (χ0n) is 14.8. The van der Waals surface area contributed by atoms with Crippen LogP contribution in [0.1, 0.15) is 16.7 Å². The van der Waals surface area contributed by atoms with Gasteiger partial charge in [0.25, 0.3) is 0 Å². The van der Waals surface area contributed by atoms with Gasteiger partial charge >= 0.3 is 10.1 Å². The number of anilines is 1. The van der Waals surface area contributed by atoms with Crippen molar-refractivity contribution in [1.29, 1.82) is 0 Å². The number of hydrogen-bond donors (Lipinski definition) is 1. The maximum atomic E-state index is 12.5. The molecule has 0 heterocycles. The van der Waals surface area contributed by atoms with Crippen molar-refractivity contribution >= 4 is 15.8 Å². The normalized spacial score (nSPS) is 11.2. The van der Waals surface area contributed by atoms with Crippen LogP contribution in [0.15, 0.2) is 77.7 Å². The molecule has 26 heavy (non-hydrogen) atoms. The lowest BCUT2D eigenvalue weighted by Gasteiger charge is -2.13. The summed E-state index contributed by atoms with van der Waals surface area (Å²) in [5, 5.41) is 3.29. The molecule has 5 heteroatoms. The monoisotopic (exact) mass is 367 g/mol. The van der Waals surface area contributed by atoms with Gasteiger partial charge in [0, 0.05) is 17.8 Å². The van der Waals surface area contributed by atoms with Crippen LogP contribution < -0.4 is 9.50 Å². The molecule has 3 aromatic carbocycles. The van der Waals surface area contributed by atoms with Crippen molar-refractivity contribution in [3.05, 3.63) is 89.5 Å². The maximum Gasteiger partial charge on any atom is 0.339 e. The van der Waals surface area contributed by atoms with Crippen molar-refractivity contribution in [3.63, 3.8) is 0 Å². The Morgan fingerprint density at radius 3 is 2.04 bits per heavy atom. The van der Waals surface area contributed by atoms with Gasteiger partial charge in [-0.1, -0.05) is 53.6 Å². The van der Waals surface area contributed by atoms with Crippen molar-refractivity contribution in [3.8, 4) is 5.75 Å². The van der Waals surface area contributed by atoms with E-state index in [1.165, 1.54) is 5.56 Å². The van der Waals surface area contributed by atoms with Crippen LogP contribution in [0.3, 0.4) is 0 Å². The summed E-state index contributed by atoms with van der Waals surface area (Å²) >= 11 is 0.